The van der Waals surface area contributed by atoms with Gasteiger partial charge in [-0.15, -0.1) is 0 Å². The third kappa shape index (κ3) is 4.38. The zero-order valence-electron chi connectivity index (χ0n) is 14.9. The predicted octanol–water partition coefficient (Wildman–Crippen LogP) is 2.62. The van der Waals surface area contributed by atoms with E-state index in [0.29, 0.717) is 6.54 Å². The number of aliphatic imine (C=N–C) groups is 1. The van der Waals surface area contributed by atoms with Gasteiger partial charge in [-0.05, 0) is 43.9 Å². The lowest BCUT2D eigenvalue weighted by Crippen LogP contribution is -2.39. The molecular formula is C19H26FN5. The molecule has 2 N–H and O–H groups in total. The van der Waals surface area contributed by atoms with Crippen molar-refractivity contribution in [3.8, 4) is 0 Å². The summed E-state index contributed by atoms with van der Waals surface area (Å²) in [6.07, 6.45) is 5.85. The molecule has 2 aromatic rings. The number of nitrogens with one attached hydrogen (secondary N) is 2. The number of nitrogens with zero attached hydrogens (tertiary/aromatic N) is 3. The minimum atomic E-state index is -0.132. The summed E-state index contributed by atoms with van der Waals surface area (Å²) in [6, 6.07) is 7.06. The van der Waals surface area contributed by atoms with E-state index in [0.717, 1.165) is 49.6 Å². The molecule has 6 heteroatoms. The van der Waals surface area contributed by atoms with Crippen LogP contribution in [-0.4, -0.2) is 35.4 Å². The highest BCUT2D eigenvalue weighted by Gasteiger charge is 2.45. The molecule has 1 saturated carbocycles. The van der Waals surface area contributed by atoms with Crippen LogP contribution in [0.1, 0.15) is 30.9 Å². The van der Waals surface area contributed by atoms with Gasteiger partial charge >= 0.3 is 0 Å². The fourth-order valence-corrected chi connectivity index (χ4v) is 3.01. The van der Waals surface area contributed by atoms with Crippen LogP contribution < -0.4 is 10.6 Å². The van der Waals surface area contributed by atoms with Crippen LogP contribution in [0.25, 0.3) is 0 Å². The van der Waals surface area contributed by atoms with Crippen LogP contribution in [0.15, 0.2) is 41.7 Å². The highest BCUT2D eigenvalue weighted by atomic mass is 19.1. The van der Waals surface area contributed by atoms with Gasteiger partial charge in [-0.25, -0.2) is 4.39 Å². The quantitative estimate of drug-likeness (QED) is 0.600. The molecule has 0 saturated heterocycles. The van der Waals surface area contributed by atoms with Crippen LogP contribution in [-0.2, 0) is 12.0 Å². The molecule has 0 unspecified atom stereocenters. The van der Waals surface area contributed by atoms with E-state index in [1.807, 2.05) is 43.1 Å². The molecule has 5 nitrogen and oxygen atoms in total. The van der Waals surface area contributed by atoms with Crippen molar-refractivity contribution in [2.24, 2.45) is 4.99 Å². The smallest absolute Gasteiger partial charge is 0.191 e. The van der Waals surface area contributed by atoms with Gasteiger partial charge in [-0.1, -0.05) is 18.2 Å². The predicted molar refractivity (Wildman–Crippen MR) is 98.3 cm³/mol. The zero-order valence-corrected chi connectivity index (χ0v) is 14.9. The number of halogens is 1. The SMILES string of the molecule is CCNC(=NCC1(c2ccccc2F)CC1)NCCn1cc(C)cn1. The van der Waals surface area contributed by atoms with Crippen molar-refractivity contribution in [2.75, 3.05) is 19.6 Å². The van der Waals surface area contributed by atoms with Crippen LogP contribution >= 0.6 is 0 Å². The molecule has 1 heterocycles. The van der Waals surface area contributed by atoms with Gasteiger partial charge < -0.3 is 10.6 Å². The van der Waals surface area contributed by atoms with Crippen molar-refractivity contribution < 1.29 is 4.39 Å². The highest BCUT2D eigenvalue weighted by Crippen LogP contribution is 2.49. The Kier molecular flexibility index (Phi) is 5.36. The lowest BCUT2D eigenvalue weighted by molar-refractivity contribution is 0.570. The van der Waals surface area contributed by atoms with Crippen molar-refractivity contribution in [3.63, 3.8) is 0 Å². The van der Waals surface area contributed by atoms with Gasteiger partial charge in [-0.3, -0.25) is 9.67 Å². The number of rotatable bonds is 7. The average Bonchev–Trinajstić information content (AvgIpc) is 3.28. The van der Waals surface area contributed by atoms with Crippen LogP contribution in [0.3, 0.4) is 0 Å². The van der Waals surface area contributed by atoms with E-state index >= 15 is 0 Å². The van der Waals surface area contributed by atoms with Crippen LogP contribution in [0, 0.1) is 12.7 Å². The summed E-state index contributed by atoms with van der Waals surface area (Å²) in [4.78, 5) is 4.70. The first-order valence-electron chi connectivity index (χ1n) is 8.89. The minimum absolute atomic E-state index is 0.123. The topological polar surface area (TPSA) is 54.2 Å². The van der Waals surface area contributed by atoms with Gasteiger partial charge in [-0.2, -0.15) is 5.10 Å². The summed E-state index contributed by atoms with van der Waals surface area (Å²) in [5.41, 5.74) is 1.81. The van der Waals surface area contributed by atoms with Crippen molar-refractivity contribution in [2.45, 2.75) is 38.6 Å². The maximum atomic E-state index is 14.1. The maximum absolute atomic E-state index is 14.1. The van der Waals surface area contributed by atoms with Gasteiger partial charge in [0.2, 0.25) is 0 Å². The molecule has 3 rings (SSSR count). The summed E-state index contributed by atoms with van der Waals surface area (Å²) in [5, 5.41) is 10.9. The number of hydrogen-bond donors (Lipinski definition) is 2. The van der Waals surface area contributed by atoms with E-state index in [4.69, 9.17) is 4.99 Å². The Bertz CT molecular complexity index is 733. The first-order valence-corrected chi connectivity index (χ1v) is 8.89. The first kappa shape index (κ1) is 17.5. The van der Waals surface area contributed by atoms with Crippen LogP contribution in [0.4, 0.5) is 4.39 Å². The van der Waals surface area contributed by atoms with Crippen LogP contribution in [0.5, 0.6) is 0 Å². The molecule has 1 aliphatic carbocycles. The number of benzene rings is 1. The number of hydrogen-bond acceptors (Lipinski definition) is 2. The van der Waals surface area contributed by atoms with Gasteiger partial charge in [0, 0.05) is 24.7 Å². The maximum Gasteiger partial charge on any atom is 0.191 e. The summed E-state index contributed by atoms with van der Waals surface area (Å²) >= 11 is 0. The summed E-state index contributed by atoms with van der Waals surface area (Å²) < 4.78 is 16.0. The number of aromatic nitrogens is 2. The minimum Gasteiger partial charge on any atom is -0.357 e. The van der Waals surface area contributed by atoms with Gasteiger partial charge in [0.25, 0.3) is 0 Å². The van der Waals surface area contributed by atoms with E-state index in [1.165, 1.54) is 6.07 Å². The zero-order chi connectivity index (χ0) is 17.7. The Hall–Kier alpha value is -2.37. The van der Waals surface area contributed by atoms with Crippen LogP contribution in [0.2, 0.25) is 0 Å². The Labute approximate surface area is 148 Å². The molecule has 1 aromatic carbocycles. The fourth-order valence-electron chi connectivity index (χ4n) is 3.01. The lowest BCUT2D eigenvalue weighted by Gasteiger charge is -2.16. The van der Waals surface area contributed by atoms with Gasteiger partial charge in [0.05, 0.1) is 19.3 Å². The largest absolute Gasteiger partial charge is 0.357 e. The standard InChI is InChI=1S/C19H26FN5/c1-3-21-18(22-10-11-25-13-15(2)12-24-25)23-14-19(8-9-19)16-6-4-5-7-17(16)20/h4-7,12-13H,3,8-11,14H2,1-2H3,(H2,21,22,23). The first-order chi connectivity index (χ1) is 12.1. The second-order valence-electron chi connectivity index (χ2n) is 6.66. The van der Waals surface area contributed by atoms with Crippen molar-refractivity contribution in [1.29, 1.82) is 0 Å². The third-order valence-electron chi connectivity index (χ3n) is 4.58. The van der Waals surface area contributed by atoms with E-state index in [2.05, 4.69) is 15.7 Å². The van der Waals surface area contributed by atoms with E-state index in [-0.39, 0.29) is 11.2 Å². The highest BCUT2D eigenvalue weighted by molar-refractivity contribution is 5.79. The van der Waals surface area contributed by atoms with Gasteiger partial charge in [0.15, 0.2) is 5.96 Å². The summed E-state index contributed by atoms with van der Waals surface area (Å²) in [5.74, 6) is 0.649. The lowest BCUT2D eigenvalue weighted by atomic mass is 9.95. The third-order valence-corrected chi connectivity index (χ3v) is 4.58. The molecule has 1 aromatic heterocycles. The number of guanidine groups is 1. The molecular weight excluding hydrogens is 317 g/mol. The van der Waals surface area contributed by atoms with Crippen molar-refractivity contribution in [3.05, 3.63) is 53.6 Å². The fraction of sp³-hybridized carbons (Fsp3) is 0.474. The molecule has 0 atom stereocenters. The molecule has 25 heavy (non-hydrogen) atoms. The molecule has 0 bridgehead atoms. The Morgan fingerprint density at radius 2 is 2.12 bits per heavy atom. The summed E-state index contributed by atoms with van der Waals surface area (Å²) in [7, 11) is 0. The molecule has 0 spiro atoms. The molecule has 134 valence electrons. The van der Waals surface area contributed by atoms with E-state index in [9.17, 15) is 4.39 Å². The van der Waals surface area contributed by atoms with Crippen molar-refractivity contribution in [1.82, 2.24) is 20.4 Å². The second-order valence-corrected chi connectivity index (χ2v) is 6.66. The van der Waals surface area contributed by atoms with E-state index in [1.54, 1.807) is 6.07 Å². The Morgan fingerprint density at radius 3 is 2.76 bits per heavy atom. The Morgan fingerprint density at radius 1 is 1.32 bits per heavy atom. The average molecular weight is 343 g/mol. The molecule has 0 radical (unpaired) electrons. The molecule has 0 amide bonds. The van der Waals surface area contributed by atoms with Crippen molar-refractivity contribution >= 4 is 5.96 Å². The monoisotopic (exact) mass is 343 g/mol. The Balaban J connectivity index is 1.59. The normalized spacial score (nSPS) is 15.9. The summed E-state index contributed by atoms with van der Waals surface area (Å²) in [6.45, 7) is 6.97. The molecule has 0 aliphatic heterocycles. The second kappa shape index (κ2) is 7.68. The molecule has 1 aliphatic rings. The van der Waals surface area contributed by atoms with E-state index < -0.39 is 0 Å². The number of aryl methyl sites for hydroxylation is 1. The molecule has 1 fully saturated rings. The van der Waals surface area contributed by atoms with Gasteiger partial charge in [0.1, 0.15) is 5.82 Å².